The van der Waals surface area contributed by atoms with Gasteiger partial charge in [0.2, 0.25) is 0 Å². The molecule has 1 aromatic heterocycles. The highest BCUT2D eigenvalue weighted by atomic mass is 16.5. The summed E-state index contributed by atoms with van der Waals surface area (Å²) in [6.45, 7) is 3.90. The maximum atomic E-state index is 12.3. The van der Waals surface area contributed by atoms with Crippen molar-refractivity contribution in [1.29, 1.82) is 0 Å². The van der Waals surface area contributed by atoms with Crippen molar-refractivity contribution in [3.05, 3.63) is 18.0 Å². The quantitative estimate of drug-likeness (QED) is 0.768. The molecule has 1 aliphatic heterocycles. The van der Waals surface area contributed by atoms with Gasteiger partial charge in [-0.15, -0.1) is 0 Å². The normalized spacial score (nSPS) is 35.5. The fourth-order valence-corrected chi connectivity index (χ4v) is 4.88. The Morgan fingerprint density at radius 1 is 1.41 bits per heavy atom. The molecule has 0 aromatic carbocycles. The largest absolute Gasteiger partial charge is 0.364 e. The van der Waals surface area contributed by atoms with Crippen LogP contribution in [0, 0.1) is 23.2 Å². The molecule has 7 heteroatoms. The molecule has 1 aromatic rings. The van der Waals surface area contributed by atoms with Gasteiger partial charge in [-0.2, -0.15) is 0 Å². The van der Waals surface area contributed by atoms with E-state index in [0.29, 0.717) is 5.92 Å². The summed E-state index contributed by atoms with van der Waals surface area (Å²) in [5.41, 5.74) is 5.25. The van der Waals surface area contributed by atoms with Gasteiger partial charge in [0.15, 0.2) is 5.69 Å². The van der Waals surface area contributed by atoms with E-state index in [9.17, 15) is 9.59 Å². The molecule has 3 amide bonds. The molecule has 2 aliphatic carbocycles. The van der Waals surface area contributed by atoms with E-state index in [4.69, 9.17) is 0 Å². The third-order valence-corrected chi connectivity index (χ3v) is 6.01. The summed E-state index contributed by atoms with van der Waals surface area (Å²) in [4.78, 5) is 25.8. The number of rotatable bonds is 1. The second-order valence-corrected chi connectivity index (χ2v) is 7.03. The minimum atomic E-state index is -0.479. The SMILES string of the molecule is C[C@]12CN(C(=O)NNC(=O)c3ccon3)C[C@H]1[C@H]1CC[C@@H]2C1. The average Bonchev–Trinajstić information content (AvgIpc) is 3.23. The van der Waals surface area contributed by atoms with Crippen LogP contribution < -0.4 is 10.9 Å². The molecule has 2 N–H and O–H groups in total. The number of hydrogen-bond acceptors (Lipinski definition) is 4. The molecule has 0 spiro atoms. The number of amides is 3. The molecule has 3 fully saturated rings. The molecular weight excluding hydrogens is 284 g/mol. The minimum Gasteiger partial charge on any atom is -0.364 e. The molecule has 2 heterocycles. The van der Waals surface area contributed by atoms with E-state index < -0.39 is 5.91 Å². The first kappa shape index (κ1) is 13.6. The summed E-state index contributed by atoms with van der Waals surface area (Å²) in [5, 5.41) is 3.53. The molecule has 3 aliphatic rings. The van der Waals surface area contributed by atoms with E-state index in [-0.39, 0.29) is 17.1 Å². The zero-order valence-corrected chi connectivity index (χ0v) is 12.5. The molecule has 22 heavy (non-hydrogen) atoms. The van der Waals surface area contributed by atoms with Crippen molar-refractivity contribution in [3.8, 4) is 0 Å². The van der Waals surface area contributed by atoms with Crippen molar-refractivity contribution in [1.82, 2.24) is 20.9 Å². The van der Waals surface area contributed by atoms with Crippen LogP contribution >= 0.6 is 0 Å². The molecule has 1 saturated heterocycles. The first-order chi connectivity index (χ1) is 10.6. The number of carbonyl (C=O) groups excluding carboxylic acids is 2. The van der Waals surface area contributed by atoms with Crippen molar-refractivity contribution in [2.75, 3.05) is 13.1 Å². The van der Waals surface area contributed by atoms with Crippen LogP contribution in [0.1, 0.15) is 36.7 Å². The first-order valence-corrected chi connectivity index (χ1v) is 7.83. The van der Waals surface area contributed by atoms with Crippen LogP contribution in [0.5, 0.6) is 0 Å². The van der Waals surface area contributed by atoms with Crippen molar-refractivity contribution in [2.45, 2.75) is 26.2 Å². The number of hydrogen-bond donors (Lipinski definition) is 2. The lowest BCUT2D eigenvalue weighted by molar-refractivity contribution is 0.0921. The Hall–Kier alpha value is -2.05. The zero-order chi connectivity index (χ0) is 15.3. The number of nitrogens with zero attached hydrogens (tertiary/aromatic N) is 2. The molecule has 7 nitrogen and oxygen atoms in total. The van der Waals surface area contributed by atoms with Gasteiger partial charge in [0.05, 0.1) is 0 Å². The summed E-state index contributed by atoms with van der Waals surface area (Å²) in [6.07, 6.45) is 5.26. The second kappa shape index (κ2) is 4.72. The molecule has 4 rings (SSSR count). The third-order valence-electron chi connectivity index (χ3n) is 6.01. The topological polar surface area (TPSA) is 87.5 Å². The number of carbonyl (C=O) groups is 2. The van der Waals surface area contributed by atoms with Crippen LogP contribution in [0.15, 0.2) is 16.9 Å². The summed E-state index contributed by atoms with van der Waals surface area (Å²) in [6, 6.07) is 1.20. The monoisotopic (exact) mass is 304 g/mol. The number of nitrogens with one attached hydrogen (secondary N) is 2. The summed E-state index contributed by atoms with van der Waals surface area (Å²) < 4.78 is 4.60. The first-order valence-electron chi connectivity index (χ1n) is 7.83. The number of hydrazine groups is 1. The molecular formula is C15H20N4O3. The van der Waals surface area contributed by atoms with Crippen LogP contribution in [0.4, 0.5) is 4.79 Å². The Balaban J connectivity index is 1.36. The highest BCUT2D eigenvalue weighted by molar-refractivity contribution is 5.93. The summed E-state index contributed by atoms with van der Waals surface area (Å²) in [7, 11) is 0. The molecule has 0 unspecified atom stereocenters. The van der Waals surface area contributed by atoms with E-state index in [1.165, 1.54) is 31.6 Å². The molecule has 118 valence electrons. The number of fused-ring (bicyclic) bond motifs is 5. The van der Waals surface area contributed by atoms with Gasteiger partial charge in [0.1, 0.15) is 6.26 Å². The molecule has 0 radical (unpaired) electrons. The predicted octanol–water partition coefficient (Wildman–Crippen LogP) is 1.40. The van der Waals surface area contributed by atoms with Crippen molar-refractivity contribution in [3.63, 3.8) is 0 Å². The van der Waals surface area contributed by atoms with Crippen LogP contribution in [-0.2, 0) is 0 Å². The fourth-order valence-electron chi connectivity index (χ4n) is 4.88. The van der Waals surface area contributed by atoms with Gasteiger partial charge in [-0.25, -0.2) is 10.2 Å². The Labute approximate surface area is 128 Å². The Morgan fingerprint density at radius 2 is 2.27 bits per heavy atom. The zero-order valence-electron chi connectivity index (χ0n) is 12.5. The number of urea groups is 1. The highest BCUT2D eigenvalue weighted by Crippen LogP contribution is 2.62. The van der Waals surface area contributed by atoms with E-state index in [1.807, 2.05) is 4.90 Å². The minimum absolute atomic E-state index is 0.142. The molecule has 2 saturated carbocycles. The smallest absolute Gasteiger partial charge is 0.336 e. The standard InChI is InChI=1S/C15H20N4O3/c1-15-8-19(7-11(15)9-2-3-10(15)6-9)14(21)17-16-13(20)12-4-5-22-18-12/h4-5,9-11H,2-3,6-8H2,1H3,(H,16,20)(H,17,21)/t9-,10+,11-,15+/m0/s1. The van der Waals surface area contributed by atoms with Gasteiger partial charge in [-0.1, -0.05) is 12.1 Å². The Morgan fingerprint density at radius 3 is 3.00 bits per heavy atom. The summed E-state index contributed by atoms with van der Waals surface area (Å²) in [5.74, 6) is 1.67. The number of aromatic nitrogens is 1. The van der Waals surface area contributed by atoms with Crippen molar-refractivity contribution < 1.29 is 14.1 Å². The lowest BCUT2D eigenvalue weighted by Gasteiger charge is -2.34. The Kier molecular flexibility index (Phi) is 2.92. The van der Waals surface area contributed by atoms with E-state index in [2.05, 4.69) is 27.5 Å². The lowest BCUT2D eigenvalue weighted by atomic mass is 9.70. The predicted molar refractivity (Wildman–Crippen MR) is 76.5 cm³/mol. The second-order valence-electron chi connectivity index (χ2n) is 7.03. The van der Waals surface area contributed by atoms with Gasteiger partial charge in [0, 0.05) is 19.2 Å². The van der Waals surface area contributed by atoms with E-state index >= 15 is 0 Å². The van der Waals surface area contributed by atoms with Crippen LogP contribution in [0.25, 0.3) is 0 Å². The van der Waals surface area contributed by atoms with Gasteiger partial charge < -0.3 is 9.42 Å². The van der Waals surface area contributed by atoms with Crippen molar-refractivity contribution >= 4 is 11.9 Å². The Bertz CT molecular complexity index is 602. The van der Waals surface area contributed by atoms with E-state index in [1.54, 1.807) is 0 Å². The van der Waals surface area contributed by atoms with Crippen LogP contribution in [0.2, 0.25) is 0 Å². The maximum absolute atomic E-state index is 12.3. The third kappa shape index (κ3) is 1.91. The van der Waals surface area contributed by atoms with Crippen LogP contribution in [0.3, 0.4) is 0 Å². The van der Waals surface area contributed by atoms with Crippen molar-refractivity contribution in [2.24, 2.45) is 23.2 Å². The van der Waals surface area contributed by atoms with Gasteiger partial charge in [-0.3, -0.25) is 10.2 Å². The fraction of sp³-hybridized carbons (Fsp3) is 0.667. The van der Waals surface area contributed by atoms with Crippen LogP contribution in [-0.4, -0.2) is 35.1 Å². The highest BCUT2D eigenvalue weighted by Gasteiger charge is 2.59. The lowest BCUT2D eigenvalue weighted by Crippen LogP contribution is -2.48. The van der Waals surface area contributed by atoms with Gasteiger partial charge in [0.25, 0.3) is 5.91 Å². The average molecular weight is 304 g/mol. The molecule has 4 atom stereocenters. The van der Waals surface area contributed by atoms with Gasteiger partial charge >= 0.3 is 6.03 Å². The van der Waals surface area contributed by atoms with Gasteiger partial charge in [-0.05, 0) is 42.4 Å². The maximum Gasteiger partial charge on any atom is 0.336 e. The van der Waals surface area contributed by atoms with E-state index in [0.717, 1.165) is 24.9 Å². The number of likely N-dealkylation sites (tertiary alicyclic amines) is 1. The molecule has 2 bridgehead atoms. The summed E-state index contributed by atoms with van der Waals surface area (Å²) >= 11 is 0.